The van der Waals surface area contributed by atoms with Crippen molar-refractivity contribution in [1.82, 2.24) is 0 Å². The fourth-order valence-electron chi connectivity index (χ4n) is 0.877. The molecule has 0 saturated carbocycles. The molecule has 0 spiro atoms. The van der Waals surface area contributed by atoms with Crippen LogP contribution in [0, 0.1) is 5.92 Å². The molecule has 0 heterocycles. The van der Waals surface area contributed by atoms with Crippen LogP contribution in [0.25, 0.3) is 0 Å². The molecule has 13 heavy (non-hydrogen) atoms. The molecule has 0 saturated heterocycles. The number of hydrogen-bond acceptors (Lipinski definition) is 2. The van der Waals surface area contributed by atoms with Crippen molar-refractivity contribution in [3.05, 3.63) is 11.6 Å². The van der Waals surface area contributed by atoms with Crippen molar-refractivity contribution < 1.29 is 19.8 Å². The van der Waals surface area contributed by atoms with Gasteiger partial charge in [0.05, 0.1) is 0 Å². The van der Waals surface area contributed by atoms with Crippen molar-refractivity contribution in [2.75, 3.05) is 0 Å². The van der Waals surface area contributed by atoms with Crippen LogP contribution in [0.2, 0.25) is 0 Å². The summed E-state index contributed by atoms with van der Waals surface area (Å²) in [5, 5.41) is 17.0. The van der Waals surface area contributed by atoms with Crippen LogP contribution < -0.4 is 0 Å². The Labute approximate surface area is 76.9 Å². The molecule has 4 heteroatoms. The monoisotopic (exact) mass is 186 g/mol. The van der Waals surface area contributed by atoms with E-state index in [-0.39, 0.29) is 11.5 Å². The van der Waals surface area contributed by atoms with Crippen molar-refractivity contribution in [1.29, 1.82) is 0 Å². The van der Waals surface area contributed by atoms with Gasteiger partial charge in [-0.2, -0.15) is 0 Å². The van der Waals surface area contributed by atoms with Gasteiger partial charge in [0, 0.05) is 11.6 Å². The largest absolute Gasteiger partial charge is 0.478 e. The molecule has 0 rings (SSSR count). The maximum atomic E-state index is 10.6. The van der Waals surface area contributed by atoms with Gasteiger partial charge >= 0.3 is 11.9 Å². The van der Waals surface area contributed by atoms with Crippen LogP contribution in [0.5, 0.6) is 0 Å². The van der Waals surface area contributed by atoms with Crippen LogP contribution in [0.3, 0.4) is 0 Å². The number of aliphatic carboxylic acids is 2. The highest BCUT2D eigenvalue weighted by atomic mass is 16.4. The summed E-state index contributed by atoms with van der Waals surface area (Å²) in [4.78, 5) is 20.8. The standard InChI is InChI=1S/C9H14O4/c1-3-6(2)4-7(9(12)13)5-8(10)11/h5-6H,3-4H2,1-2H3,(H,10,11)(H,12,13)/b7-5-. The molecule has 2 N–H and O–H groups in total. The molecule has 0 aliphatic carbocycles. The Morgan fingerprint density at radius 3 is 2.23 bits per heavy atom. The molecule has 1 atom stereocenters. The van der Waals surface area contributed by atoms with Gasteiger partial charge in [-0.15, -0.1) is 0 Å². The average molecular weight is 186 g/mol. The van der Waals surface area contributed by atoms with Crippen molar-refractivity contribution in [3.63, 3.8) is 0 Å². The Morgan fingerprint density at radius 2 is 1.92 bits per heavy atom. The molecule has 0 radical (unpaired) electrons. The van der Waals surface area contributed by atoms with Gasteiger partial charge in [0.25, 0.3) is 0 Å². The highest BCUT2D eigenvalue weighted by molar-refractivity contribution is 5.94. The number of carboxylic acid groups (broad SMARTS) is 2. The quantitative estimate of drug-likeness (QED) is 0.638. The second-order valence-electron chi connectivity index (χ2n) is 3.03. The van der Waals surface area contributed by atoms with Crippen molar-refractivity contribution in [3.8, 4) is 0 Å². The van der Waals surface area contributed by atoms with Gasteiger partial charge < -0.3 is 10.2 Å². The maximum Gasteiger partial charge on any atom is 0.331 e. The van der Waals surface area contributed by atoms with E-state index in [4.69, 9.17) is 10.2 Å². The summed E-state index contributed by atoms with van der Waals surface area (Å²) in [6.45, 7) is 3.82. The maximum absolute atomic E-state index is 10.6. The Hall–Kier alpha value is -1.32. The van der Waals surface area contributed by atoms with Gasteiger partial charge in [-0.05, 0) is 12.3 Å². The summed E-state index contributed by atoms with van der Waals surface area (Å²) >= 11 is 0. The lowest BCUT2D eigenvalue weighted by molar-refractivity contribution is -0.135. The zero-order chi connectivity index (χ0) is 10.4. The molecule has 0 aliphatic heterocycles. The molecule has 0 bridgehead atoms. The Balaban J connectivity index is 4.44. The third-order valence-electron chi connectivity index (χ3n) is 1.84. The minimum Gasteiger partial charge on any atom is -0.478 e. The second-order valence-corrected chi connectivity index (χ2v) is 3.03. The smallest absolute Gasteiger partial charge is 0.331 e. The first kappa shape index (κ1) is 11.7. The number of carboxylic acids is 2. The summed E-state index contributed by atoms with van der Waals surface area (Å²) in [6.07, 6.45) is 1.90. The lowest BCUT2D eigenvalue weighted by Crippen LogP contribution is -2.07. The first-order valence-electron chi connectivity index (χ1n) is 4.14. The van der Waals surface area contributed by atoms with Crippen LogP contribution in [0.15, 0.2) is 11.6 Å². The van der Waals surface area contributed by atoms with Gasteiger partial charge in [0.1, 0.15) is 0 Å². The van der Waals surface area contributed by atoms with Crippen molar-refractivity contribution in [2.24, 2.45) is 5.92 Å². The predicted octanol–water partition coefficient (Wildman–Crippen LogP) is 1.52. The zero-order valence-electron chi connectivity index (χ0n) is 7.78. The van der Waals surface area contributed by atoms with Crippen LogP contribution in [-0.4, -0.2) is 22.2 Å². The van der Waals surface area contributed by atoms with Crippen LogP contribution in [-0.2, 0) is 9.59 Å². The number of carbonyl (C=O) groups is 2. The average Bonchev–Trinajstić information content (AvgIpc) is 2.02. The van der Waals surface area contributed by atoms with Gasteiger partial charge in [-0.1, -0.05) is 20.3 Å². The van der Waals surface area contributed by atoms with Crippen LogP contribution in [0.4, 0.5) is 0 Å². The minimum atomic E-state index is -1.21. The number of rotatable bonds is 5. The van der Waals surface area contributed by atoms with Gasteiger partial charge in [-0.3, -0.25) is 0 Å². The lowest BCUT2D eigenvalue weighted by atomic mass is 9.99. The molecule has 0 aromatic carbocycles. The van der Waals surface area contributed by atoms with Gasteiger partial charge in [0.2, 0.25) is 0 Å². The second kappa shape index (κ2) is 5.35. The normalized spacial score (nSPS) is 13.8. The molecule has 4 nitrogen and oxygen atoms in total. The highest BCUT2D eigenvalue weighted by Gasteiger charge is 2.12. The highest BCUT2D eigenvalue weighted by Crippen LogP contribution is 2.14. The molecule has 0 fully saturated rings. The lowest BCUT2D eigenvalue weighted by Gasteiger charge is -2.07. The van der Waals surface area contributed by atoms with E-state index in [9.17, 15) is 9.59 Å². The van der Waals surface area contributed by atoms with E-state index in [1.807, 2.05) is 13.8 Å². The molecule has 0 aromatic heterocycles. The van der Waals surface area contributed by atoms with E-state index in [1.165, 1.54) is 0 Å². The Kier molecular flexibility index (Phi) is 4.80. The van der Waals surface area contributed by atoms with E-state index in [2.05, 4.69) is 0 Å². The SMILES string of the molecule is CCC(C)C/C(=C/C(=O)O)C(=O)O. The first-order chi connectivity index (χ1) is 5.97. The van der Waals surface area contributed by atoms with E-state index in [0.29, 0.717) is 6.42 Å². The third kappa shape index (κ3) is 5.00. The summed E-state index contributed by atoms with van der Waals surface area (Å²) < 4.78 is 0. The van der Waals surface area contributed by atoms with Crippen molar-refractivity contribution >= 4 is 11.9 Å². The van der Waals surface area contributed by atoms with E-state index in [1.54, 1.807) is 0 Å². The molecule has 0 amide bonds. The van der Waals surface area contributed by atoms with Crippen molar-refractivity contribution in [2.45, 2.75) is 26.7 Å². The molecule has 0 aromatic rings. The molecule has 74 valence electrons. The number of hydrogen-bond donors (Lipinski definition) is 2. The predicted molar refractivity (Wildman–Crippen MR) is 47.4 cm³/mol. The van der Waals surface area contributed by atoms with Crippen LogP contribution >= 0.6 is 0 Å². The van der Waals surface area contributed by atoms with E-state index in [0.717, 1.165) is 12.5 Å². The fraction of sp³-hybridized carbons (Fsp3) is 0.556. The van der Waals surface area contributed by atoms with E-state index >= 15 is 0 Å². The summed E-state index contributed by atoms with van der Waals surface area (Å²) in [5.74, 6) is -2.16. The minimum absolute atomic E-state index is 0.0400. The zero-order valence-corrected chi connectivity index (χ0v) is 7.78. The topological polar surface area (TPSA) is 74.6 Å². The van der Waals surface area contributed by atoms with Crippen LogP contribution in [0.1, 0.15) is 26.7 Å². The Morgan fingerprint density at radius 1 is 1.38 bits per heavy atom. The molecule has 1 unspecified atom stereocenters. The third-order valence-corrected chi connectivity index (χ3v) is 1.84. The molecule has 0 aliphatic rings. The van der Waals surface area contributed by atoms with E-state index < -0.39 is 11.9 Å². The molecular weight excluding hydrogens is 172 g/mol. The fourth-order valence-corrected chi connectivity index (χ4v) is 0.877. The summed E-state index contributed by atoms with van der Waals surface area (Å²) in [7, 11) is 0. The van der Waals surface area contributed by atoms with Gasteiger partial charge in [0.15, 0.2) is 0 Å². The summed E-state index contributed by atoms with van der Waals surface area (Å²) in [5.41, 5.74) is -0.0400. The molecular formula is C9H14O4. The summed E-state index contributed by atoms with van der Waals surface area (Å²) in [6, 6.07) is 0. The first-order valence-corrected chi connectivity index (χ1v) is 4.14. The van der Waals surface area contributed by atoms with Gasteiger partial charge in [-0.25, -0.2) is 9.59 Å². The Bertz CT molecular complexity index is 230.